The van der Waals surface area contributed by atoms with E-state index in [1.807, 2.05) is 5.38 Å². The monoisotopic (exact) mass is 194 g/mol. The molecule has 2 rings (SSSR count). The molecule has 0 spiro atoms. The van der Waals surface area contributed by atoms with Crippen molar-refractivity contribution in [2.75, 3.05) is 13.2 Å². The van der Waals surface area contributed by atoms with E-state index in [1.54, 1.807) is 11.3 Å². The molecule has 0 aromatic carbocycles. The SMILES string of the molecule is N#CCc1nc(C2CCOC2)cs1. The Hall–Kier alpha value is -0.920. The molecule has 1 aromatic heterocycles. The first kappa shape index (κ1) is 8.67. The fourth-order valence-electron chi connectivity index (χ4n) is 1.43. The lowest BCUT2D eigenvalue weighted by Gasteiger charge is -2.00. The first-order valence-corrected chi connectivity index (χ1v) is 5.17. The van der Waals surface area contributed by atoms with Crippen LogP contribution in [0.1, 0.15) is 23.0 Å². The number of thiazole rings is 1. The Morgan fingerprint density at radius 3 is 3.38 bits per heavy atom. The zero-order valence-electron chi connectivity index (χ0n) is 7.19. The molecule has 1 saturated heterocycles. The summed E-state index contributed by atoms with van der Waals surface area (Å²) < 4.78 is 5.28. The number of aromatic nitrogens is 1. The van der Waals surface area contributed by atoms with Gasteiger partial charge in [-0.25, -0.2) is 4.98 Å². The van der Waals surface area contributed by atoms with Crippen LogP contribution in [-0.4, -0.2) is 18.2 Å². The Balaban J connectivity index is 2.08. The average molecular weight is 194 g/mol. The second-order valence-electron chi connectivity index (χ2n) is 3.06. The molecule has 13 heavy (non-hydrogen) atoms. The van der Waals surface area contributed by atoms with Gasteiger partial charge in [0.05, 0.1) is 24.8 Å². The maximum absolute atomic E-state index is 8.49. The minimum atomic E-state index is 0.429. The van der Waals surface area contributed by atoms with E-state index in [4.69, 9.17) is 10.00 Å². The summed E-state index contributed by atoms with van der Waals surface area (Å²) in [5.74, 6) is 0.462. The Morgan fingerprint density at radius 1 is 1.77 bits per heavy atom. The molecule has 1 atom stereocenters. The minimum absolute atomic E-state index is 0.429. The quantitative estimate of drug-likeness (QED) is 0.720. The minimum Gasteiger partial charge on any atom is -0.381 e. The highest BCUT2D eigenvalue weighted by Gasteiger charge is 2.20. The lowest BCUT2D eigenvalue weighted by atomic mass is 10.1. The van der Waals surface area contributed by atoms with Gasteiger partial charge in [0.15, 0.2) is 0 Å². The lowest BCUT2D eigenvalue weighted by Crippen LogP contribution is -1.97. The fourth-order valence-corrected chi connectivity index (χ4v) is 2.24. The Kier molecular flexibility index (Phi) is 2.57. The van der Waals surface area contributed by atoms with E-state index in [9.17, 15) is 0 Å². The number of nitrogens with zero attached hydrogens (tertiary/aromatic N) is 2. The number of rotatable bonds is 2. The predicted molar refractivity (Wildman–Crippen MR) is 49.6 cm³/mol. The Labute approximate surface area is 81.0 Å². The van der Waals surface area contributed by atoms with Crippen LogP contribution in [-0.2, 0) is 11.2 Å². The average Bonchev–Trinajstić information content (AvgIpc) is 2.70. The first-order valence-electron chi connectivity index (χ1n) is 4.29. The van der Waals surface area contributed by atoms with Crippen LogP contribution in [0.2, 0.25) is 0 Å². The van der Waals surface area contributed by atoms with Gasteiger partial charge < -0.3 is 4.74 Å². The molecule has 0 amide bonds. The molecule has 0 saturated carbocycles. The summed E-state index contributed by atoms with van der Waals surface area (Å²) in [5.41, 5.74) is 1.10. The van der Waals surface area contributed by atoms with Crippen LogP contribution in [0.15, 0.2) is 5.38 Å². The predicted octanol–water partition coefficient (Wildman–Crippen LogP) is 1.71. The van der Waals surface area contributed by atoms with E-state index in [2.05, 4.69) is 11.1 Å². The van der Waals surface area contributed by atoms with E-state index in [1.165, 1.54) is 0 Å². The third-order valence-corrected chi connectivity index (χ3v) is 3.01. The standard InChI is InChI=1S/C9H10N2OS/c10-3-1-9-11-8(6-13-9)7-2-4-12-5-7/h6-7H,1-2,4-5H2. The van der Waals surface area contributed by atoms with Crippen LogP contribution in [0.25, 0.3) is 0 Å². The third kappa shape index (κ3) is 1.87. The van der Waals surface area contributed by atoms with Crippen LogP contribution in [0.3, 0.4) is 0 Å². The maximum atomic E-state index is 8.49. The van der Waals surface area contributed by atoms with Gasteiger partial charge in [0.1, 0.15) is 5.01 Å². The molecular weight excluding hydrogens is 184 g/mol. The van der Waals surface area contributed by atoms with E-state index in [-0.39, 0.29) is 0 Å². The van der Waals surface area contributed by atoms with Crippen molar-refractivity contribution in [2.45, 2.75) is 18.8 Å². The van der Waals surface area contributed by atoms with Crippen molar-refractivity contribution in [3.05, 3.63) is 16.1 Å². The van der Waals surface area contributed by atoms with Gasteiger partial charge in [-0.1, -0.05) is 0 Å². The van der Waals surface area contributed by atoms with Gasteiger partial charge >= 0.3 is 0 Å². The molecule has 0 N–H and O–H groups in total. The van der Waals surface area contributed by atoms with Crippen LogP contribution < -0.4 is 0 Å². The molecule has 1 aromatic rings. The van der Waals surface area contributed by atoms with Gasteiger partial charge in [-0.3, -0.25) is 0 Å². The summed E-state index contributed by atoms with van der Waals surface area (Å²) in [6.45, 7) is 1.63. The van der Waals surface area contributed by atoms with Crippen LogP contribution >= 0.6 is 11.3 Å². The molecule has 0 aliphatic carbocycles. The summed E-state index contributed by atoms with van der Waals surface area (Å²) in [6, 6.07) is 2.10. The molecule has 3 nitrogen and oxygen atoms in total. The lowest BCUT2D eigenvalue weighted by molar-refractivity contribution is 0.193. The number of hydrogen-bond acceptors (Lipinski definition) is 4. The second-order valence-corrected chi connectivity index (χ2v) is 4.00. The van der Waals surface area contributed by atoms with Crippen molar-refractivity contribution in [3.63, 3.8) is 0 Å². The van der Waals surface area contributed by atoms with Crippen molar-refractivity contribution in [2.24, 2.45) is 0 Å². The van der Waals surface area contributed by atoms with Gasteiger partial charge in [0.25, 0.3) is 0 Å². The Bertz CT molecular complexity index is 323. The topological polar surface area (TPSA) is 45.9 Å². The normalized spacial score (nSPS) is 21.6. The van der Waals surface area contributed by atoms with Gasteiger partial charge in [-0.2, -0.15) is 5.26 Å². The van der Waals surface area contributed by atoms with Crippen molar-refractivity contribution in [3.8, 4) is 6.07 Å². The van der Waals surface area contributed by atoms with Crippen LogP contribution in [0, 0.1) is 11.3 Å². The summed E-state index contributed by atoms with van der Waals surface area (Å²) in [6.07, 6.45) is 1.49. The first-order chi connectivity index (χ1) is 6.40. The molecule has 4 heteroatoms. The van der Waals surface area contributed by atoms with Gasteiger partial charge in [-0.05, 0) is 6.42 Å². The molecule has 1 unspecified atom stereocenters. The van der Waals surface area contributed by atoms with Crippen molar-refractivity contribution < 1.29 is 4.74 Å². The summed E-state index contributed by atoms with van der Waals surface area (Å²) >= 11 is 1.57. The molecule has 1 aliphatic heterocycles. The summed E-state index contributed by atoms with van der Waals surface area (Å²) in [7, 11) is 0. The van der Waals surface area contributed by atoms with E-state index in [0.29, 0.717) is 12.3 Å². The van der Waals surface area contributed by atoms with E-state index < -0.39 is 0 Å². The molecule has 1 aliphatic rings. The highest BCUT2D eigenvalue weighted by atomic mass is 32.1. The molecule has 68 valence electrons. The largest absolute Gasteiger partial charge is 0.381 e. The zero-order valence-corrected chi connectivity index (χ0v) is 8.01. The van der Waals surface area contributed by atoms with Crippen molar-refractivity contribution >= 4 is 11.3 Å². The highest BCUT2D eigenvalue weighted by Crippen LogP contribution is 2.26. The van der Waals surface area contributed by atoms with E-state index >= 15 is 0 Å². The highest BCUT2D eigenvalue weighted by molar-refractivity contribution is 7.09. The third-order valence-electron chi connectivity index (χ3n) is 2.15. The van der Waals surface area contributed by atoms with Crippen LogP contribution in [0.4, 0.5) is 0 Å². The molecular formula is C9H10N2OS. The van der Waals surface area contributed by atoms with Gasteiger partial charge in [0, 0.05) is 17.9 Å². The van der Waals surface area contributed by atoms with Crippen molar-refractivity contribution in [1.82, 2.24) is 4.98 Å². The van der Waals surface area contributed by atoms with E-state index in [0.717, 1.165) is 30.3 Å². The van der Waals surface area contributed by atoms with Gasteiger partial charge in [0.2, 0.25) is 0 Å². The fraction of sp³-hybridized carbons (Fsp3) is 0.556. The maximum Gasteiger partial charge on any atom is 0.107 e. The molecule has 0 bridgehead atoms. The summed E-state index contributed by atoms with van der Waals surface area (Å²) in [4.78, 5) is 4.40. The number of nitriles is 1. The molecule has 2 heterocycles. The Morgan fingerprint density at radius 2 is 2.69 bits per heavy atom. The van der Waals surface area contributed by atoms with Crippen molar-refractivity contribution in [1.29, 1.82) is 5.26 Å². The molecule has 0 radical (unpaired) electrons. The summed E-state index contributed by atoms with van der Waals surface area (Å²) in [5, 5.41) is 11.5. The number of ether oxygens (including phenoxy) is 1. The second kappa shape index (κ2) is 3.86. The smallest absolute Gasteiger partial charge is 0.107 e. The van der Waals surface area contributed by atoms with Crippen LogP contribution in [0.5, 0.6) is 0 Å². The zero-order chi connectivity index (χ0) is 9.10. The van der Waals surface area contributed by atoms with Gasteiger partial charge in [-0.15, -0.1) is 11.3 Å². The number of hydrogen-bond donors (Lipinski definition) is 0. The molecule has 1 fully saturated rings.